The van der Waals surface area contributed by atoms with Crippen LogP contribution in [-0.4, -0.2) is 37.1 Å². The summed E-state index contributed by atoms with van der Waals surface area (Å²) in [6, 6.07) is -0.248. The minimum Gasteiger partial charge on any atom is -0.463 e. The van der Waals surface area contributed by atoms with E-state index in [1.807, 2.05) is 13.8 Å². The van der Waals surface area contributed by atoms with Crippen LogP contribution < -0.4 is 5.32 Å². The van der Waals surface area contributed by atoms with E-state index in [1.165, 1.54) is 0 Å². The second-order valence-electron chi connectivity index (χ2n) is 4.49. The van der Waals surface area contributed by atoms with Gasteiger partial charge >= 0.3 is 11.9 Å². The predicted molar refractivity (Wildman–Crippen MR) is 73.8 cm³/mol. The fraction of sp³-hybridized carbons (Fsp3) is 0.643. The molecule has 0 aliphatic heterocycles. The first kappa shape index (κ1) is 18.1. The van der Waals surface area contributed by atoms with E-state index in [2.05, 4.69) is 10.1 Å². The summed E-state index contributed by atoms with van der Waals surface area (Å²) >= 11 is 0. The van der Waals surface area contributed by atoms with Crippen LogP contribution in [0.2, 0.25) is 0 Å². The fourth-order valence-electron chi connectivity index (χ4n) is 1.26. The summed E-state index contributed by atoms with van der Waals surface area (Å²) in [7, 11) is 0. The topological polar surface area (TPSA) is 81.7 Å². The maximum atomic E-state index is 11.4. The number of ether oxygens (including phenoxy) is 2. The van der Waals surface area contributed by atoms with Crippen molar-refractivity contribution in [2.24, 2.45) is 5.92 Å². The Balaban J connectivity index is 4.24. The summed E-state index contributed by atoms with van der Waals surface area (Å²) < 4.78 is 9.62. The maximum absolute atomic E-state index is 11.4. The Morgan fingerprint density at radius 3 is 2.05 bits per heavy atom. The Labute approximate surface area is 119 Å². The zero-order chi connectivity index (χ0) is 15.5. The largest absolute Gasteiger partial charge is 0.463 e. The Morgan fingerprint density at radius 2 is 1.60 bits per heavy atom. The maximum Gasteiger partial charge on any atom is 0.331 e. The number of rotatable bonds is 8. The molecule has 0 spiro atoms. The van der Waals surface area contributed by atoms with Crippen LogP contribution in [0, 0.1) is 5.92 Å². The van der Waals surface area contributed by atoms with E-state index in [9.17, 15) is 14.4 Å². The molecule has 0 aromatic heterocycles. The van der Waals surface area contributed by atoms with E-state index in [0.29, 0.717) is 6.42 Å². The number of hydrogen-bond donors (Lipinski definition) is 1. The molecule has 0 aromatic rings. The van der Waals surface area contributed by atoms with Crippen LogP contribution in [0.5, 0.6) is 0 Å². The Bertz CT molecular complexity index is 363. The van der Waals surface area contributed by atoms with Gasteiger partial charge in [-0.25, -0.2) is 9.59 Å². The molecule has 1 atom stereocenters. The second kappa shape index (κ2) is 10.00. The third-order valence-electron chi connectivity index (χ3n) is 2.52. The van der Waals surface area contributed by atoms with Crippen molar-refractivity contribution in [1.29, 1.82) is 0 Å². The van der Waals surface area contributed by atoms with E-state index in [1.54, 1.807) is 13.8 Å². The number of carbonyl (C=O) groups excluding carboxylic acids is 3. The Kier molecular flexibility index (Phi) is 9.07. The molecule has 1 N–H and O–H groups in total. The lowest BCUT2D eigenvalue weighted by Gasteiger charge is -2.21. The lowest BCUT2D eigenvalue weighted by atomic mass is 10.1. The molecule has 0 aliphatic rings. The average molecular weight is 285 g/mol. The average Bonchev–Trinajstić information content (AvgIpc) is 2.40. The normalized spacial score (nSPS) is 12.2. The van der Waals surface area contributed by atoms with Crippen LogP contribution in [0.25, 0.3) is 0 Å². The Morgan fingerprint density at radius 1 is 1.05 bits per heavy atom. The van der Waals surface area contributed by atoms with Crippen molar-refractivity contribution in [1.82, 2.24) is 5.32 Å². The molecule has 0 bridgehead atoms. The number of amides is 1. The first-order chi connectivity index (χ1) is 9.40. The quantitative estimate of drug-likeness (QED) is 0.535. The van der Waals surface area contributed by atoms with Gasteiger partial charge in [0.2, 0.25) is 5.91 Å². The van der Waals surface area contributed by atoms with E-state index < -0.39 is 11.9 Å². The van der Waals surface area contributed by atoms with Crippen molar-refractivity contribution in [3.63, 3.8) is 0 Å². The van der Waals surface area contributed by atoms with Crippen molar-refractivity contribution in [2.75, 3.05) is 13.2 Å². The van der Waals surface area contributed by atoms with Gasteiger partial charge in [-0.15, -0.1) is 0 Å². The molecule has 114 valence electrons. The smallest absolute Gasteiger partial charge is 0.331 e. The fourth-order valence-corrected chi connectivity index (χ4v) is 1.26. The summed E-state index contributed by atoms with van der Waals surface area (Å²) in [4.78, 5) is 33.7. The molecule has 0 saturated carbocycles. The highest BCUT2D eigenvalue weighted by atomic mass is 16.5. The van der Waals surface area contributed by atoms with Gasteiger partial charge in [0.1, 0.15) is 6.61 Å². The predicted octanol–water partition coefficient (Wildman–Crippen LogP) is 1.20. The third kappa shape index (κ3) is 8.29. The lowest BCUT2D eigenvalue weighted by molar-refractivity contribution is -0.141. The zero-order valence-corrected chi connectivity index (χ0v) is 12.5. The molecule has 0 aliphatic carbocycles. The minimum atomic E-state index is -0.644. The van der Waals surface area contributed by atoms with Crippen LogP contribution in [0.3, 0.4) is 0 Å². The molecule has 0 aromatic carbocycles. The van der Waals surface area contributed by atoms with Crippen molar-refractivity contribution < 1.29 is 23.9 Å². The molecular formula is C14H23NO5. The number of nitrogens with one attached hydrogen (secondary N) is 1. The van der Waals surface area contributed by atoms with Crippen LogP contribution in [0.15, 0.2) is 12.2 Å². The van der Waals surface area contributed by atoms with Crippen molar-refractivity contribution >= 4 is 17.8 Å². The van der Waals surface area contributed by atoms with Crippen LogP contribution >= 0.6 is 0 Å². The number of carbonyl (C=O) groups is 3. The van der Waals surface area contributed by atoms with Gasteiger partial charge in [0.25, 0.3) is 0 Å². The van der Waals surface area contributed by atoms with Gasteiger partial charge in [0.05, 0.1) is 12.6 Å². The lowest BCUT2D eigenvalue weighted by Crippen LogP contribution is -2.42. The molecule has 0 radical (unpaired) electrons. The zero-order valence-electron chi connectivity index (χ0n) is 12.5. The van der Waals surface area contributed by atoms with Crippen LogP contribution in [0.4, 0.5) is 0 Å². The molecule has 6 nitrogen and oxygen atoms in total. The van der Waals surface area contributed by atoms with E-state index in [0.717, 1.165) is 12.2 Å². The third-order valence-corrected chi connectivity index (χ3v) is 2.52. The van der Waals surface area contributed by atoms with Crippen molar-refractivity contribution in [3.05, 3.63) is 12.2 Å². The molecular weight excluding hydrogens is 262 g/mol. The van der Waals surface area contributed by atoms with Gasteiger partial charge in [0, 0.05) is 18.6 Å². The summed E-state index contributed by atoms with van der Waals surface area (Å²) in [5.74, 6) is -1.20. The van der Waals surface area contributed by atoms with Gasteiger partial charge < -0.3 is 14.8 Å². The first-order valence-electron chi connectivity index (χ1n) is 6.71. The monoisotopic (exact) mass is 285 g/mol. The molecule has 1 amide bonds. The first-order valence-corrected chi connectivity index (χ1v) is 6.71. The molecule has 0 rings (SSSR count). The molecule has 0 unspecified atom stereocenters. The van der Waals surface area contributed by atoms with Gasteiger partial charge in [-0.2, -0.15) is 0 Å². The van der Waals surface area contributed by atoms with E-state index in [4.69, 9.17) is 4.74 Å². The summed E-state index contributed by atoms with van der Waals surface area (Å²) in [6.45, 7) is 7.58. The number of esters is 2. The highest BCUT2D eigenvalue weighted by molar-refractivity contribution is 5.91. The number of hydrogen-bond acceptors (Lipinski definition) is 5. The van der Waals surface area contributed by atoms with E-state index >= 15 is 0 Å². The highest BCUT2D eigenvalue weighted by Gasteiger charge is 2.17. The van der Waals surface area contributed by atoms with E-state index in [-0.39, 0.29) is 31.1 Å². The highest BCUT2D eigenvalue weighted by Crippen LogP contribution is 2.03. The van der Waals surface area contributed by atoms with Crippen molar-refractivity contribution in [2.45, 2.75) is 40.2 Å². The van der Waals surface area contributed by atoms with Gasteiger partial charge in [-0.3, -0.25) is 4.79 Å². The Hall–Kier alpha value is -1.85. The van der Waals surface area contributed by atoms with Gasteiger partial charge in [0.15, 0.2) is 0 Å². The van der Waals surface area contributed by atoms with Gasteiger partial charge in [-0.05, 0) is 12.8 Å². The summed E-state index contributed by atoms with van der Waals surface area (Å²) in [5, 5.41) is 2.77. The molecule has 0 saturated heterocycles. The van der Waals surface area contributed by atoms with Crippen LogP contribution in [0.1, 0.15) is 34.1 Å². The SMILES string of the molecule is CCOC(=O)/C=C/C(=O)OC[C@@H](NC(=O)CC)C(C)C. The molecule has 0 fully saturated rings. The summed E-state index contributed by atoms with van der Waals surface area (Å²) in [5.41, 5.74) is 0. The standard InChI is InChI=1S/C14H23NO5/c1-5-12(16)15-11(10(3)4)9-20-14(18)8-7-13(17)19-6-2/h7-8,10-11H,5-6,9H2,1-4H3,(H,15,16)/b8-7+/t11-/m1/s1. The minimum absolute atomic E-state index is 0.0649. The van der Waals surface area contributed by atoms with Gasteiger partial charge in [-0.1, -0.05) is 20.8 Å². The van der Waals surface area contributed by atoms with Crippen LogP contribution in [-0.2, 0) is 23.9 Å². The molecule has 0 heterocycles. The summed E-state index contributed by atoms with van der Waals surface area (Å²) in [6.07, 6.45) is 2.40. The molecule has 20 heavy (non-hydrogen) atoms. The van der Waals surface area contributed by atoms with Crippen molar-refractivity contribution in [3.8, 4) is 0 Å². The molecule has 6 heteroatoms. The second-order valence-corrected chi connectivity index (χ2v) is 4.49.